The van der Waals surface area contributed by atoms with E-state index in [2.05, 4.69) is 4.72 Å². The van der Waals surface area contributed by atoms with Crippen LogP contribution in [0.5, 0.6) is 0 Å². The fourth-order valence-electron chi connectivity index (χ4n) is 1.88. The molecule has 0 heterocycles. The molecule has 0 aromatic heterocycles. The lowest BCUT2D eigenvalue weighted by Gasteiger charge is -2.09. The van der Waals surface area contributed by atoms with Crippen molar-refractivity contribution >= 4 is 27.6 Å². The third-order valence-electron chi connectivity index (χ3n) is 3.06. The number of carbonyl (C=O) groups is 2. The number of carboxylic acids is 1. The summed E-state index contributed by atoms with van der Waals surface area (Å²) >= 11 is 0. The Morgan fingerprint density at radius 1 is 1.00 bits per heavy atom. The van der Waals surface area contributed by atoms with Crippen molar-refractivity contribution in [2.45, 2.75) is 11.8 Å². The van der Waals surface area contributed by atoms with Crippen molar-refractivity contribution in [1.82, 2.24) is 0 Å². The lowest BCUT2D eigenvalue weighted by molar-refractivity contribution is 0.0525. The van der Waals surface area contributed by atoms with Crippen molar-refractivity contribution in [3.8, 4) is 0 Å². The summed E-state index contributed by atoms with van der Waals surface area (Å²) in [5, 5.41) is 8.82. The van der Waals surface area contributed by atoms with Gasteiger partial charge in [0.1, 0.15) is 0 Å². The minimum absolute atomic E-state index is 0.0298. The second kappa shape index (κ2) is 7.14. The van der Waals surface area contributed by atoms with E-state index in [1.807, 2.05) is 0 Å². The largest absolute Gasteiger partial charge is 0.478 e. The number of hydrogen-bond donors (Lipinski definition) is 2. The van der Waals surface area contributed by atoms with Crippen molar-refractivity contribution in [2.24, 2.45) is 0 Å². The van der Waals surface area contributed by atoms with Crippen LogP contribution in [0.4, 0.5) is 5.69 Å². The van der Waals surface area contributed by atoms with Crippen molar-refractivity contribution in [2.75, 3.05) is 11.3 Å². The number of benzene rings is 2. The van der Waals surface area contributed by atoms with Gasteiger partial charge >= 0.3 is 11.9 Å². The summed E-state index contributed by atoms with van der Waals surface area (Å²) in [7, 11) is -3.85. The van der Waals surface area contributed by atoms with Crippen LogP contribution in [0, 0.1) is 0 Å². The van der Waals surface area contributed by atoms with E-state index in [0.29, 0.717) is 0 Å². The summed E-state index contributed by atoms with van der Waals surface area (Å²) < 4.78 is 31.7. The molecule has 0 radical (unpaired) electrons. The lowest BCUT2D eigenvalue weighted by atomic mass is 10.2. The van der Waals surface area contributed by atoms with Gasteiger partial charge in [-0.05, 0) is 55.5 Å². The van der Waals surface area contributed by atoms with E-state index in [1.54, 1.807) is 6.92 Å². The average molecular weight is 349 g/mol. The number of rotatable bonds is 6. The summed E-state index contributed by atoms with van der Waals surface area (Å²) in [6.07, 6.45) is 0. The monoisotopic (exact) mass is 349 g/mol. The molecule has 0 saturated heterocycles. The highest BCUT2D eigenvalue weighted by molar-refractivity contribution is 7.92. The zero-order chi connectivity index (χ0) is 17.7. The summed E-state index contributed by atoms with van der Waals surface area (Å²) in [6, 6.07) is 10.6. The second-order valence-corrected chi connectivity index (χ2v) is 6.42. The molecule has 0 bridgehead atoms. The number of sulfonamides is 1. The number of esters is 1. The molecule has 0 saturated carbocycles. The van der Waals surface area contributed by atoms with Crippen molar-refractivity contribution in [3.05, 3.63) is 59.7 Å². The Labute approximate surface area is 138 Å². The Morgan fingerprint density at radius 3 is 2.04 bits per heavy atom. The van der Waals surface area contributed by atoms with Gasteiger partial charge in [0.2, 0.25) is 0 Å². The zero-order valence-electron chi connectivity index (χ0n) is 12.7. The minimum Gasteiger partial charge on any atom is -0.478 e. The van der Waals surface area contributed by atoms with Crippen LogP contribution >= 0.6 is 0 Å². The van der Waals surface area contributed by atoms with E-state index in [0.717, 1.165) is 0 Å². The first-order valence-electron chi connectivity index (χ1n) is 6.97. The zero-order valence-corrected chi connectivity index (χ0v) is 13.5. The number of aromatic carboxylic acids is 1. The molecule has 2 N–H and O–H groups in total. The third-order valence-corrected chi connectivity index (χ3v) is 4.46. The highest BCUT2D eigenvalue weighted by atomic mass is 32.2. The predicted molar refractivity (Wildman–Crippen MR) is 86.6 cm³/mol. The topological polar surface area (TPSA) is 110 Å². The Hall–Kier alpha value is -2.87. The highest BCUT2D eigenvalue weighted by Crippen LogP contribution is 2.17. The molecule has 0 aliphatic carbocycles. The smallest absolute Gasteiger partial charge is 0.338 e. The SMILES string of the molecule is CCOC(=O)c1ccc(S(=O)(=O)Nc2ccc(C(=O)O)cc2)cc1. The van der Waals surface area contributed by atoms with Gasteiger partial charge in [0.15, 0.2) is 0 Å². The molecule has 0 aliphatic rings. The number of anilines is 1. The lowest BCUT2D eigenvalue weighted by Crippen LogP contribution is -2.13. The third kappa shape index (κ3) is 4.11. The van der Waals surface area contributed by atoms with E-state index >= 15 is 0 Å². The Morgan fingerprint density at radius 2 is 1.54 bits per heavy atom. The normalized spacial score (nSPS) is 10.9. The van der Waals surface area contributed by atoms with E-state index in [9.17, 15) is 18.0 Å². The standard InChI is InChI=1S/C16H15NO6S/c1-2-23-16(20)12-5-9-14(10-6-12)24(21,22)17-13-7-3-11(4-8-13)15(18)19/h3-10,17H,2H2,1H3,(H,18,19). The van der Waals surface area contributed by atoms with Crippen molar-refractivity contribution in [1.29, 1.82) is 0 Å². The van der Waals surface area contributed by atoms with Gasteiger partial charge < -0.3 is 9.84 Å². The summed E-state index contributed by atoms with van der Waals surface area (Å²) in [5.41, 5.74) is 0.535. The van der Waals surface area contributed by atoms with Gasteiger partial charge in [-0.1, -0.05) is 0 Å². The molecule has 8 heteroatoms. The van der Waals surface area contributed by atoms with Crippen LogP contribution in [0.3, 0.4) is 0 Å². The van der Waals surface area contributed by atoms with Crippen LogP contribution in [-0.4, -0.2) is 32.1 Å². The molecule has 0 amide bonds. The summed E-state index contributed by atoms with van der Waals surface area (Å²) in [4.78, 5) is 22.3. The first-order valence-corrected chi connectivity index (χ1v) is 8.45. The van der Waals surface area contributed by atoms with Gasteiger partial charge in [0, 0.05) is 5.69 Å². The van der Waals surface area contributed by atoms with E-state index in [4.69, 9.17) is 9.84 Å². The molecule has 2 aromatic carbocycles. The number of carbonyl (C=O) groups excluding carboxylic acids is 1. The van der Waals surface area contributed by atoms with E-state index in [1.165, 1.54) is 48.5 Å². The molecule has 0 unspecified atom stereocenters. The average Bonchev–Trinajstić information content (AvgIpc) is 2.55. The minimum atomic E-state index is -3.85. The number of nitrogens with one attached hydrogen (secondary N) is 1. The van der Waals surface area contributed by atoms with Crippen LogP contribution in [0.15, 0.2) is 53.4 Å². The summed E-state index contributed by atoms with van der Waals surface area (Å²) in [6.45, 7) is 1.91. The summed E-state index contributed by atoms with van der Waals surface area (Å²) in [5.74, 6) is -1.63. The van der Waals surface area contributed by atoms with Crippen molar-refractivity contribution in [3.63, 3.8) is 0 Å². The van der Waals surface area contributed by atoms with Gasteiger partial charge in [0.25, 0.3) is 10.0 Å². The number of carboxylic acid groups (broad SMARTS) is 1. The second-order valence-electron chi connectivity index (χ2n) is 4.73. The molecule has 24 heavy (non-hydrogen) atoms. The quantitative estimate of drug-likeness (QED) is 0.775. The first kappa shape index (κ1) is 17.5. The molecule has 126 valence electrons. The van der Waals surface area contributed by atoms with E-state index < -0.39 is 22.0 Å². The number of ether oxygens (including phenoxy) is 1. The highest BCUT2D eigenvalue weighted by Gasteiger charge is 2.16. The molecule has 0 atom stereocenters. The van der Waals surface area contributed by atoms with Gasteiger partial charge in [-0.3, -0.25) is 4.72 Å². The van der Waals surface area contributed by atoms with Crippen LogP contribution < -0.4 is 4.72 Å². The maximum absolute atomic E-state index is 12.3. The van der Waals surface area contributed by atoms with Crippen LogP contribution in [0.2, 0.25) is 0 Å². The maximum Gasteiger partial charge on any atom is 0.338 e. The van der Waals surface area contributed by atoms with Crippen molar-refractivity contribution < 1.29 is 27.9 Å². The fourth-order valence-corrected chi connectivity index (χ4v) is 2.94. The van der Waals surface area contributed by atoms with Gasteiger partial charge in [-0.25, -0.2) is 18.0 Å². The Bertz CT molecular complexity index is 841. The molecule has 7 nitrogen and oxygen atoms in total. The maximum atomic E-state index is 12.3. The molecule has 0 fully saturated rings. The molecular formula is C16H15NO6S. The predicted octanol–water partition coefficient (Wildman–Crippen LogP) is 2.36. The van der Waals surface area contributed by atoms with Gasteiger partial charge in [-0.2, -0.15) is 0 Å². The first-order chi connectivity index (χ1) is 11.3. The molecule has 0 aliphatic heterocycles. The van der Waals surface area contributed by atoms with Crippen LogP contribution in [0.25, 0.3) is 0 Å². The van der Waals surface area contributed by atoms with Crippen LogP contribution in [-0.2, 0) is 14.8 Å². The van der Waals surface area contributed by atoms with Crippen LogP contribution in [0.1, 0.15) is 27.6 Å². The molecule has 2 rings (SSSR count). The fraction of sp³-hybridized carbons (Fsp3) is 0.125. The van der Waals surface area contributed by atoms with E-state index in [-0.39, 0.29) is 28.3 Å². The molecule has 0 spiro atoms. The van der Waals surface area contributed by atoms with Gasteiger partial charge in [0.05, 0.1) is 22.6 Å². The Kier molecular flexibility index (Phi) is 5.20. The van der Waals surface area contributed by atoms with Gasteiger partial charge in [-0.15, -0.1) is 0 Å². The Balaban J connectivity index is 2.18. The molecule has 2 aromatic rings. The molecular weight excluding hydrogens is 334 g/mol. The number of hydrogen-bond acceptors (Lipinski definition) is 5.